The normalized spacial score (nSPS) is 23.0. The van der Waals surface area contributed by atoms with E-state index in [1.807, 2.05) is 11.0 Å². The Morgan fingerprint density at radius 2 is 1.85 bits per heavy atom. The van der Waals surface area contributed by atoms with Gasteiger partial charge in [0.2, 0.25) is 0 Å². The Hall–Kier alpha value is -1.78. The van der Waals surface area contributed by atoms with E-state index in [0.717, 1.165) is 51.4 Å². The first-order valence-electron chi connectivity index (χ1n) is 9.17. The molecule has 1 aromatic carbocycles. The van der Waals surface area contributed by atoms with Crippen molar-refractivity contribution in [2.45, 2.75) is 31.5 Å². The van der Waals surface area contributed by atoms with E-state index in [2.05, 4.69) is 16.8 Å². The maximum absolute atomic E-state index is 12.8. The van der Waals surface area contributed by atoms with Gasteiger partial charge in [-0.15, -0.1) is 0 Å². The number of nitrogens with zero attached hydrogens (tertiary/aromatic N) is 4. The van der Waals surface area contributed by atoms with Crippen LogP contribution in [0.1, 0.15) is 30.4 Å². The zero-order chi connectivity index (χ0) is 18.7. The third-order valence-electron chi connectivity index (χ3n) is 5.55. The Morgan fingerprint density at radius 1 is 1.12 bits per heavy atom. The minimum Gasteiger partial charge on any atom is -0.368 e. The number of rotatable bonds is 3. The number of alkyl halides is 3. The molecule has 2 aliphatic rings. The molecule has 0 spiro atoms. The summed E-state index contributed by atoms with van der Waals surface area (Å²) < 4.78 is 38.5. The molecule has 0 amide bonds. The molecule has 1 atom stereocenters. The van der Waals surface area contributed by atoms with Gasteiger partial charge >= 0.3 is 6.18 Å². The van der Waals surface area contributed by atoms with Gasteiger partial charge in [-0.3, -0.25) is 4.90 Å². The van der Waals surface area contributed by atoms with Crippen molar-refractivity contribution < 1.29 is 13.2 Å². The van der Waals surface area contributed by atoms with Crippen LogP contribution in [0.15, 0.2) is 18.2 Å². The highest BCUT2D eigenvalue weighted by molar-refractivity contribution is 5.61. The van der Waals surface area contributed by atoms with Gasteiger partial charge in [0, 0.05) is 38.8 Å². The van der Waals surface area contributed by atoms with E-state index in [9.17, 15) is 18.4 Å². The minimum atomic E-state index is -4.42. The maximum Gasteiger partial charge on any atom is 0.416 e. The lowest BCUT2D eigenvalue weighted by Gasteiger charge is -2.41. The lowest BCUT2D eigenvalue weighted by atomic mass is 10.0. The van der Waals surface area contributed by atoms with E-state index in [0.29, 0.717) is 11.7 Å². The van der Waals surface area contributed by atoms with E-state index in [1.54, 1.807) is 0 Å². The molecule has 0 saturated carbocycles. The summed E-state index contributed by atoms with van der Waals surface area (Å²) in [5.74, 6) is 0. The van der Waals surface area contributed by atoms with Gasteiger partial charge in [0.1, 0.15) is 6.07 Å². The number of benzene rings is 1. The topological polar surface area (TPSA) is 33.5 Å². The Balaban J connectivity index is 1.62. The summed E-state index contributed by atoms with van der Waals surface area (Å²) in [6.07, 6.45) is -0.638. The second-order valence-electron chi connectivity index (χ2n) is 7.26. The van der Waals surface area contributed by atoms with Crippen LogP contribution in [0.2, 0.25) is 0 Å². The Labute approximate surface area is 152 Å². The van der Waals surface area contributed by atoms with Crippen molar-refractivity contribution in [3.8, 4) is 6.07 Å². The average molecular weight is 366 g/mol. The van der Waals surface area contributed by atoms with E-state index < -0.39 is 11.7 Å². The molecular formula is C19H25F3N4. The van der Waals surface area contributed by atoms with Crippen molar-refractivity contribution in [2.24, 2.45) is 0 Å². The number of piperidine rings is 1. The van der Waals surface area contributed by atoms with E-state index in [4.69, 9.17) is 0 Å². The zero-order valence-electron chi connectivity index (χ0n) is 15.1. The van der Waals surface area contributed by atoms with Crippen molar-refractivity contribution >= 4 is 5.69 Å². The molecule has 7 heteroatoms. The third kappa shape index (κ3) is 4.30. The van der Waals surface area contributed by atoms with Crippen LogP contribution in [0.3, 0.4) is 0 Å². The molecule has 2 saturated heterocycles. The molecule has 26 heavy (non-hydrogen) atoms. The number of likely N-dealkylation sites (N-methyl/N-ethyl adjacent to an activating group) is 1. The van der Waals surface area contributed by atoms with Crippen LogP contribution in [0.5, 0.6) is 0 Å². The van der Waals surface area contributed by atoms with Gasteiger partial charge in [-0.2, -0.15) is 18.4 Å². The molecule has 2 heterocycles. The summed E-state index contributed by atoms with van der Waals surface area (Å²) in [5, 5.41) is 9.28. The lowest BCUT2D eigenvalue weighted by Crippen LogP contribution is -2.52. The van der Waals surface area contributed by atoms with Gasteiger partial charge in [0.05, 0.1) is 16.8 Å². The Bertz CT molecular complexity index is 660. The van der Waals surface area contributed by atoms with Crippen molar-refractivity contribution in [1.29, 1.82) is 5.26 Å². The van der Waals surface area contributed by atoms with Gasteiger partial charge in [-0.1, -0.05) is 6.42 Å². The highest BCUT2D eigenvalue weighted by Gasteiger charge is 2.32. The van der Waals surface area contributed by atoms with Crippen molar-refractivity contribution in [1.82, 2.24) is 9.80 Å². The van der Waals surface area contributed by atoms with Gasteiger partial charge < -0.3 is 9.80 Å². The van der Waals surface area contributed by atoms with Crippen LogP contribution >= 0.6 is 0 Å². The molecule has 3 rings (SSSR count). The van der Waals surface area contributed by atoms with E-state index >= 15 is 0 Å². The monoisotopic (exact) mass is 366 g/mol. The number of likely N-dealkylation sites (tertiary alicyclic amines) is 1. The summed E-state index contributed by atoms with van der Waals surface area (Å²) in [4.78, 5) is 6.89. The van der Waals surface area contributed by atoms with Crippen LogP contribution < -0.4 is 4.90 Å². The predicted molar refractivity (Wildman–Crippen MR) is 95.1 cm³/mol. The zero-order valence-corrected chi connectivity index (χ0v) is 15.1. The van der Waals surface area contributed by atoms with Crippen molar-refractivity contribution in [3.63, 3.8) is 0 Å². The van der Waals surface area contributed by atoms with E-state index in [1.165, 1.54) is 25.3 Å². The molecule has 4 nitrogen and oxygen atoms in total. The summed E-state index contributed by atoms with van der Waals surface area (Å²) in [7, 11) is 2.18. The van der Waals surface area contributed by atoms with Crippen LogP contribution in [0.25, 0.3) is 0 Å². The fourth-order valence-corrected chi connectivity index (χ4v) is 3.92. The summed E-state index contributed by atoms with van der Waals surface area (Å²) in [5.41, 5.74) is -0.0630. The fourth-order valence-electron chi connectivity index (χ4n) is 3.92. The number of nitriles is 1. The number of hydrogen-bond acceptors (Lipinski definition) is 4. The molecule has 0 aliphatic carbocycles. The molecule has 2 aliphatic heterocycles. The smallest absolute Gasteiger partial charge is 0.368 e. The third-order valence-corrected chi connectivity index (χ3v) is 5.55. The van der Waals surface area contributed by atoms with Crippen LogP contribution in [0, 0.1) is 11.3 Å². The first kappa shape index (κ1) is 19.0. The molecule has 0 bridgehead atoms. The average Bonchev–Trinajstić information content (AvgIpc) is 2.63. The summed E-state index contributed by atoms with van der Waals surface area (Å²) in [6, 6.07) is 5.98. The highest BCUT2D eigenvalue weighted by Crippen LogP contribution is 2.33. The molecule has 0 radical (unpaired) electrons. The van der Waals surface area contributed by atoms with Gasteiger partial charge in [-0.05, 0) is 44.6 Å². The lowest BCUT2D eigenvalue weighted by molar-refractivity contribution is -0.137. The molecule has 0 unspecified atom stereocenters. The number of piperazine rings is 1. The molecule has 0 aromatic heterocycles. The van der Waals surface area contributed by atoms with Gasteiger partial charge in [0.15, 0.2) is 0 Å². The molecule has 2 fully saturated rings. The SMILES string of the molecule is CN1CCCC[C@@H]1CN1CCN(c2ccc(C(F)(F)F)cc2C#N)CC1. The van der Waals surface area contributed by atoms with Gasteiger partial charge in [0.25, 0.3) is 0 Å². The summed E-state index contributed by atoms with van der Waals surface area (Å²) >= 11 is 0. The summed E-state index contributed by atoms with van der Waals surface area (Å²) in [6.45, 7) is 5.41. The number of halogens is 3. The first-order valence-corrected chi connectivity index (χ1v) is 9.17. The predicted octanol–water partition coefficient (Wildman–Crippen LogP) is 3.18. The van der Waals surface area contributed by atoms with Crippen LogP contribution in [-0.4, -0.2) is 62.2 Å². The second kappa shape index (κ2) is 7.85. The Morgan fingerprint density at radius 3 is 2.46 bits per heavy atom. The molecule has 0 N–H and O–H groups in total. The van der Waals surface area contributed by atoms with Gasteiger partial charge in [-0.25, -0.2) is 0 Å². The van der Waals surface area contributed by atoms with Crippen LogP contribution in [0.4, 0.5) is 18.9 Å². The minimum absolute atomic E-state index is 0.0975. The first-order chi connectivity index (χ1) is 12.4. The Kier molecular flexibility index (Phi) is 5.73. The van der Waals surface area contributed by atoms with Crippen molar-refractivity contribution in [3.05, 3.63) is 29.3 Å². The fraction of sp³-hybridized carbons (Fsp3) is 0.632. The standard InChI is InChI=1S/C19H25F3N4/c1-24-7-3-2-4-17(24)14-25-8-10-26(11-9-25)18-6-5-16(19(20,21)22)12-15(18)13-23/h5-6,12,17H,2-4,7-11,14H2,1H3/t17-/m1/s1. The molecule has 142 valence electrons. The molecular weight excluding hydrogens is 341 g/mol. The molecule has 1 aromatic rings. The quantitative estimate of drug-likeness (QED) is 0.823. The maximum atomic E-state index is 12.8. The number of hydrogen-bond donors (Lipinski definition) is 0. The van der Waals surface area contributed by atoms with Crippen molar-refractivity contribution in [2.75, 3.05) is 51.2 Å². The second-order valence-corrected chi connectivity index (χ2v) is 7.26. The van der Waals surface area contributed by atoms with Crippen LogP contribution in [-0.2, 0) is 6.18 Å². The highest BCUT2D eigenvalue weighted by atomic mass is 19.4. The largest absolute Gasteiger partial charge is 0.416 e. The number of anilines is 1. The van der Waals surface area contributed by atoms with E-state index in [-0.39, 0.29) is 5.56 Å².